The van der Waals surface area contributed by atoms with Gasteiger partial charge >= 0.3 is 0 Å². The van der Waals surface area contributed by atoms with E-state index in [1.807, 2.05) is 11.9 Å². The van der Waals surface area contributed by atoms with Gasteiger partial charge in [0.1, 0.15) is 16.5 Å². The number of hydrogen-bond acceptors (Lipinski definition) is 7. The molecule has 146 valence electrons. The molecule has 1 fully saturated rings. The van der Waals surface area contributed by atoms with Crippen molar-refractivity contribution in [1.29, 1.82) is 0 Å². The zero-order chi connectivity index (χ0) is 19.0. The number of hydrogen-bond donors (Lipinski definition) is 0. The summed E-state index contributed by atoms with van der Waals surface area (Å²) in [7, 11) is 5.54. The molecule has 0 unspecified atom stereocenters. The smallest absolute Gasteiger partial charge is 0.241 e. The lowest BCUT2D eigenvalue weighted by atomic mass is 10.2. The first-order valence-corrected chi connectivity index (χ1v) is 10.4. The Balaban J connectivity index is 1.70. The highest BCUT2D eigenvalue weighted by Crippen LogP contribution is 2.40. The molecule has 2 aliphatic rings. The number of ether oxygens (including phenoxy) is 1. The minimum atomic E-state index is 0.0749. The van der Waals surface area contributed by atoms with Crippen LogP contribution in [0, 0.1) is 0 Å². The average molecular weight is 390 g/mol. The molecule has 27 heavy (non-hydrogen) atoms. The second-order valence-electron chi connectivity index (χ2n) is 7.53. The summed E-state index contributed by atoms with van der Waals surface area (Å²) in [6.07, 6.45) is 3.42. The highest BCUT2D eigenvalue weighted by molar-refractivity contribution is 7.19. The zero-order valence-corrected chi connectivity index (χ0v) is 17.1. The van der Waals surface area contributed by atoms with Crippen LogP contribution in [-0.4, -0.2) is 79.7 Å². The van der Waals surface area contributed by atoms with Crippen molar-refractivity contribution in [3.8, 4) is 0 Å². The van der Waals surface area contributed by atoms with E-state index >= 15 is 0 Å². The van der Waals surface area contributed by atoms with Crippen LogP contribution in [0.25, 0.3) is 10.2 Å². The second-order valence-corrected chi connectivity index (χ2v) is 8.62. The summed E-state index contributed by atoms with van der Waals surface area (Å²) in [5, 5.41) is 1.16. The van der Waals surface area contributed by atoms with Crippen molar-refractivity contribution < 1.29 is 9.53 Å². The average Bonchev–Trinajstić information content (AvgIpc) is 3.22. The van der Waals surface area contributed by atoms with E-state index in [0.29, 0.717) is 6.54 Å². The molecule has 7 nitrogen and oxygen atoms in total. The predicted molar refractivity (Wildman–Crippen MR) is 108 cm³/mol. The molecule has 2 aromatic heterocycles. The summed E-state index contributed by atoms with van der Waals surface area (Å²) in [6, 6.07) is 0. The van der Waals surface area contributed by atoms with E-state index in [1.54, 1.807) is 30.3 Å². The van der Waals surface area contributed by atoms with Crippen molar-refractivity contribution in [2.75, 3.05) is 58.9 Å². The molecule has 1 saturated heterocycles. The molecule has 0 aromatic carbocycles. The van der Waals surface area contributed by atoms with Gasteiger partial charge in [0, 0.05) is 39.1 Å². The molecule has 1 amide bonds. The maximum absolute atomic E-state index is 12.3. The Hall–Kier alpha value is -1.77. The molecular weight excluding hydrogens is 362 g/mol. The van der Waals surface area contributed by atoms with E-state index < -0.39 is 0 Å². The standard InChI is InChI=1S/C19H27N5O2S/c1-22(2)16(25)12-23(3)18-17-13-5-4-6-14(13)27-19(17)21-15(20-18)11-24-7-9-26-10-8-24/h4-12H2,1-3H3. The number of morpholine rings is 1. The van der Waals surface area contributed by atoms with Crippen LogP contribution < -0.4 is 4.90 Å². The molecule has 8 heteroatoms. The summed E-state index contributed by atoms with van der Waals surface area (Å²) >= 11 is 1.80. The number of nitrogens with zero attached hydrogens (tertiary/aromatic N) is 5. The largest absolute Gasteiger partial charge is 0.379 e. The van der Waals surface area contributed by atoms with Crippen LogP contribution in [0.5, 0.6) is 0 Å². The zero-order valence-electron chi connectivity index (χ0n) is 16.3. The number of amides is 1. The maximum atomic E-state index is 12.3. The van der Waals surface area contributed by atoms with Gasteiger partial charge in [-0.1, -0.05) is 0 Å². The van der Waals surface area contributed by atoms with Crippen LogP contribution in [-0.2, 0) is 28.9 Å². The van der Waals surface area contributed by atoms with Gasteiger partial charge < -0.3 is 14.5 Å². The number of rotatable bonds is 5. The number of fused-ring (bicyclic) bond motifs is 3. The Morgan fingerprint density at radius 2 is 1.96 bits per heavy atom. The molecule has 2 aromatic rings. The molecule has 0 radical (unpaired) electrons. The van der Waals surface area contributed by atoms with Crippen molar-refractivity contribution in [2.45, 2.75) is 25.8 Å². The lowest BCUT2D eigenvalue weighted by molar-refractivity contribution is -0.127. The normalized spacial score (nSPS) is 17.3. The van der Waals surface area contributed by atoms with Crippen molar-refractivity contribution >= 4 is 33.3 Å². The lowest BCUT2D eigenvalue weighted by Gasteiger charge is -2.26. The van der Waals surface area contributed by atoms with E-state index in [2.05, 4.69) is 4.90 Å². The van der Waals surface area contributed by atoms with Gasteiger partial charge in [-0.15, -0.1) is 11.3 Å². The predicted octanol–water partition coefficient (Wildman–Crippen LogP) is 1.54. The quantitative estimate of drug-likeness (QED) is 0.773. The summed E-state index contributed by atoms with van der Waals surface area (Å²) in [6.45, 7) is 4.39. The Labute approximate surface area is 163 Å². The maximum Gasteiger partial charge on any atom is 0.241 e. The van der Waals surface area contributed by atoms with Crippen LogP contribution in [0.2, 0.25) is 0 Å². The van der Waals surface area contributed by atoms with Gasteiger partial charge in [-0.05, 0) is 24.8 Å². The van der Waals surface area contributed by atoms with E-state index in [-0.39, 0.29) is 5.91 Å². The van der Waals surface area contributed by atoms with Gasteiger partial charge in [-0.2, -0.15) is 0 Å². The first kappa shape index (κ1) is 18.6. The molecule has 0 N–H and O–H groups in total. The number of carbonyl (C=O) groups excluding carboxylic acids is 1. The number of aryl methyl sites for hydroxylation is 2. The first-order chi connectivity index (χ1) is 13.0. The Morgan fingerprint density at radius 1 is 1.19 bits per heavy atom. The number of likely N-dealkylation sites (N-methyl/N-ethyl adjacent to an activating group) is 2. The SMILES string of the molecule is CN(C)C(=O)CN(C)c1nc(CN2CCOCC2)nc2sc3c(c12)CCC3. The molecule has 0 atom stereocenters. The molecule has 0 bridgehead atoms. The van der Waals surface area contributed by atoms with Crippen molar-refractivity contribution in [2.24, 2.45) is 0 Å². The summed E-state index contributed by atoms with van der Waals surface area (Å²) in [5.74, 6) is 1.81. The summed E-state index contributed by atoms with van der Waals surface area (Å²) in [5.41, 5.74) is 1.40. The van der Waals surface area contributed by atoms with Gasteiger partial charge in [-0.25, -0.2) is 9.97 Å². The highest BCUT2D eigenvalue weighted by atomic mass is 32.1. The third kappa shape index (κ3) is 3.79. The fourth-order valence-electron chi connectivity index (χ4n) is 3.74. The fraction of sp³-hybridized carbons (Fsp3) is 0.632. The van der Waals surface area contributed by atoms with Crippen molar-refractivity contribution in [3.05, 3.63) is 16.3 Å². The number of thiophene rings is 1. The van der Waals surface area contributed by atoms with Gasteiger partial charge in [0.2, 0.25) is 5.91 Å². The number of anilines is 1. The van der Waals surface area contributed by atoms with Gasteiger partial charge in [0.25, 0.3) is 0 Å². The van der Waals surface area contributed by atoms with E-state index in [0.717, 1.165) is 67.5 Å². The molecule has 4 rings (SSSR count). The third-order valence-electron chi connectivity index (χ3n) is 5.29. The van der Waals surface area contributed by atoms with Crippen LogP contribution >= 0.6 is 11.3 Å². The molecule has 1 aliphatic carbocycles. The van der Waals surface area contributed by atoms with Crippen LogP contribution in [0.1, 0.15) is 22.7 Å². The van der Waals surface area contributed by atoms with Gasteiger partial charge in [0.15, 0.2) is 0 Å². The molecule has 0 spiro atoms. The van der Waals surface area contributed by atoms with Gasteiger partial charge in [0.05, 0.1) is 31.7 Å². The van der Waals surface area contributed by atoms with E-state index in [4.69, 9.17) is 14.7 Å². The first-order valence-electron chi connectivity index (χ1n) is 9.55. The Bertz CT molecular complexity index is 844. The number of carbonyl (C=O) groups is 1. The minimum absolute atomic E-state index is 0.0749. The Morgan fingerprint density at radius 3 is 2.70 bits per heavy atom. The molecular formula is C19H27N5O2S. The molecule has 1 aliphatic heterocycles. The molecule has 0 saturated carbocycles. The van der Waals surface area contributed by atoms with Crippen LogP contribution in [0.3, 0.4) is 0 Å². The monoisotopic (exact) mass is 389 g/mol. The highest BCUT2D eigenvalue weighted by Gasteiger charge is 2.25. The van der Waals surface area contributed by atoms with Crippen molar-refractivity contribution in [3.63, 3.8) is 0 Å². The minimum Gasteiger partial charge on any atom is -0.379 e. The fourth-order valence-corrected chi connectivity index (χ4v) is 5.02. The van der Waals surface area contributed by atoms with Gasteiger partial charge in [-0.3, -0.25) is 9.69 Å². The summed E-state index contributed by atoms with van der Waals surface area (Å²) < 4.78 is 5.45. The van der Waals surface area contributed by atoms with E-state index in [1.165, 1.54) is 16.9 Å². The van der Waals surface area contributed by atoms with E-state index in [9.17, 15) is 4.79 Å². The number of aromatic nitrogens is 2. The Kier molecular flexibility index (Phi) is 5.29. The van der Waals surface area contributed by atoms with Crippen LogP contribution in [0.4, 0.5) is 5.82 Å². The lowest BCUT2D eigenvalue weighted by Crippen LogP contribution is -2.37. The summed E-state index contributed by atoms with van der Waals surface area (Å²) in [4.78, 5) is 30.5. The third-order valence-corrected chi connectivity index (χ3v) is 6.48. The second kappa shape index (κ2) is 7.69. The van der Waals surface area contributed by atoms with Crippen LogP contribution in [0.15, 0.2) is 0 Å². The topological polar surface area (TPSA) is 61.8 Å². The van der Waals surface area contributed by atoms with Crippen molar-refractivity contribution in [1.82, 2.24) is 19.8 Å². The molecule has 3 heterocycles.